The second kappa shape index (κ2) is 9.57. The van der Waals surface area contributed by atoms with Crippen molar-refractivity contribution in [3.63, 3.8) is 0 Å². The molecule has 3 aromatic rings. The molecular weight excluding hydrogens is 392 g/mol. The average Bonchev–Trinajstić information content (AvgIpc) is 3.17. The Morgan fingerprint density at radius 1 is 1.29 bits per heavy atom. The number of rotatable bonds is 9. The Morgan fingerprint density at radius 3 is 2.86 bits per heavy atom. The maximum atomic E-state index is 12.5. The lowest BCUT2D eigenvalue weighted by molar-refractivity contribution is -0.127. The van der Waals surface area contributed by atoms with Crippen molar-refractivity contribution < 1.29 is 9.53 Å². The first-order valence-electron chi connectivity index (χ1n) is 8.71. The first-order chi connectivity index (χ1) is 13.6. The number of fused-ring (bicyclic) bond motifs is 1. The number of carbonyl (C=O) groups excluding carboxylic acids is 1. The summed E-state index contributed by atoms with van der Waals surface area (Å²) in [5.41, 5.74) is 1.09. The highest BCUT2D eigenvalue weighted by Crippen LogP contribution is 2.26. The van der Waals surface area contributed by atoms with Gasteiger partial charge in [-0.25, -0.2) is 0 Å². The van der Waals surface area contributed by atoms with Gasteiger partial charge in [-0.15, -0.1) is 16.8 Å². The van der Waals surface area contributed by atoms with Crippen molar-refractivity contribution in [2.75, 3.05) is 31.8 Å². The van der Waals surface area contributed by atoms with Crippen molar-refractivity contribution in [2.45, 2.75) is 10.9 Å². The highest BCUT2D eigenvalue weighted by molar-refractivity contribution is 8.01. The second-order valence-corrected chi connectivity index (χ2v) is 8.33. The molecule has 1 aromatic heterocycles. The van der Waals surface area contributed by atoms with Gasteiger partial charge in [0.2, 0.25) is 11.0 Å². The fourth-order valence-electron chi connectivity index (χ4n) is 2.59. The Balaban J connectivity index is 1.55. The van der Waals surface area contributed by atoms with Crippen molar-refractivity contribution in [3.05, 3.63) is 54.6 Å². The van der Waals surface area contributed by atoms with Gasteiger partial charge in [-0.3, -0.25) is 4.79 Å². The average molecular weight is 415 g/mol. The van der Waals surface area contributed by atoms with Crippen molar-refractivity contribution in [2.24, 2.45) is 0 Å². The van der Waals surface area contributed by atoms with E-state index in [4.69, 9.17) is 4.74 Å². The quantitative estimate of drug-likeness (QED) is 0.421. The number of thioether (sulfide) groups is 1. The van der Waals surface area contributed by atoms with Crippen LogP contribution in [0.5, 0.6) is 5.75 Å². The SMILES string of the molecule is C=CCNc1nnc(SCC(=O)N(C)Cc2ccc3cc(OC)ccc3c2)s1. The molecule has 1 N–H and O–H groups in total. The van der Waals surface area contributed by atoms with E-state index in [0.29, 0.717) is 18.8 Å². The van der Waals surface area contributed by atoms with Crippen LogP contribution in [0.25, 0.3) is 10.8 Å². The van der Waals surface area contributed by atoms with Crippen molar-refractivity contribution in [1.82, 2.24) is 15.1 Å². The second-order valence-electron chi connectivity index (χ2n) is 6.13. The van der Waals surface area contributed by atoms with Gasteiger partial charge in [-0.05, 0) is 34.5 Å². The largest absolute Gasteiger partial charge is 0.497 e. The number of benzene rings is 2. The number of hydrogen-bond acceptors (Lipinski definition) is 7. The van der Waals surface area contributed by atoms with E-state index >= 15 is 0 Å². The van der Waals surface area contributed by atoms with Gasteiger partial charge in [0.25, 0.3) is 0 Å². The molecule has 0 atom stereocenters. The Labute approximate surface area is 172 Å². The zero-order chi connectivity index (χ0) is 19.9. The van der Waals surface area contributed by atoms with Crippen LogP contribution in [0.4, 0.5) is 5.13 Å². The molecule has 28 heavy (non-hydrogen) atoms. The number of hydrogen-bond donors (Lipinski definition) is 1. The van der Waals surface area contributed by atoms with Crippen LogP contribution in [-0.2, 0) is 11.3 Å². The van der Waals surface area contributed by atoms with Crippen LogP contribution < -0.4 is 10.1 Å². The summed E-state index contributed by atoms with van der Waals surface area (Å²) in [6, 6.07) is 12.2. The van der Waals surface area contributed by atoms with Crippen molar-refractivity contribution >= 4 is 44.9 Å². The van der Waals surface area contributed by atoms with Gasteiger partial charge >= 0.3 is 0 Å². The Hall–Kier alpha value is -2.58. The zero-order valence-corrected chi connectivity index (χ0v) is 17.5. The van der Waals surface area contributed by atoms with E-state index in [1.165, 1.54) is 23.1 Å². The number of amides is 1. The minimum atomic E-state index is 0.0515. The number of ether oxygens (including phenoxy) is 1. The fraction of sp³-hybridized carbons (Fsp3) is 0.250. The third-order valence-electron chi connectivity index (χ3n) is 4.08. The lowest BCUT2D eigenvalue weighted by Gasteiger charge is -2.17. The molecule has 0 radical (unpaired) electrons. The Morgan fingerprint density at radius 2 is 2.07 bits per heavy atom. The summed E-state index contributed by atoms with van der Waals surface area (Å²) >= 11 is 2.84. The molecule has 0 aliphatic heterocycles. The van der Waals surface area contributed by atoms with Gasteiger partial charge in [0.15, 0.2) is 4.34 Å². The van der Waals surface area contributed by atoms with Gasteiger partial charge in [-0.2, -0.15) is 0 Å². The number of nitrogens with zero attached hydrogens (tertiary/aromatic N) is 3. The number of carbonyl (C=O) groups is 1. The standard InChI is InChI=1S/C20H22N4O2S2/c1-4-9-21-19-22-23-20(28-19)27-13-18(25)24(2)12-14-5-6-16-11-17(26-3)8-7-15(16)10-14/h4-8,10-11H,1,9,12-13H2,2-3H3,(H,21,22). The van der Waals surface area contributed by atoms with Gasteiger partial charge in [0.05, 0.1) is 12.9 Å². The molecule has 0 aliphatic carbocycles. The van der Waals surface area contributed by atoms with Crippen LogP contribution in [0.2, 0.25) is 0 Å². The monoisotopic (exact) mass is 414 g/mol. The first-order valence-corrected chi connectivity index (χ1v) is 10.5. The number of anilines is 1. The van der Waals surface area contributed by atoms with E-state index < -0.39 is 0 Å². The van der Waals surface area contributed by atoms with Gasteiger partial charge in [-0.1, -0.05) is 47.4 Å². The number of methoxy groups -OCH3 is 1. The molecule has 0 spiro atoms. The predicted molar refractivity (Wildman–Crippen MR) is 116 cm³/mol. The van der Waals surface area contributed by atoms with E-state index in [1.807, 2.05) is 31.3 Å². The topological polar surface area (TPSA) is 67.4 Å². The molecule has 0 saturated heterocycles. The molecule has 0 unspecified atom stereocenters. The van der Waals surface area contributed by atoms with Crippen LogP contribution in [0.1, 0.15) is 5.56 Å². The zero-order valence-electron chi connectivity index (χ0n) is 15.8. The van der Waals surface area contributed by atoms with Crippen LogP contribution in [0, 0.1) is 0 Å². The molecule has 0 saturated carbocycles. The molecule has 0 aliphatic rings. The maximum absolute atomic E-state index is 12.5. The summed E-state index contributed by atoms with van der Waals surface area (Å²) in [6.45, 7) is 4.85. The molecule has 1 amide bonds. The maximum Gasteiger partial charge on any atom is 0.233 e. The molecule has 3 rings (SSSR count). The lowest BCUT2D eigenvalue weighted by Crippen LogP contribution is -2.27. The molecule has 2 aromatic carbocycles. The minimum Gasteiger partial charge on any atom is -0.497 e. The summed E-state index contributed by atoms with van der Waals surface area (Å²) in [5, 5.41) is 14.2. The summed E-state index contributed by atoms with van der Waals surface area (Å²) < 4.78 is 6.03. The van der Waals surface area contributed by atoms with Crippen molar-refractivity contribution in [3.8, 4) is 5.75 Å². The highest BCUT2D eigenvalue weighted by atomic mass is 32.2. The summed E-state index contributed by atoms with van der Waals surface area (Å²) in [7, 11) is 3.48. The number of nitrogens with one attached hydrogen (secondary N) is 1. The highest BCUT2D eigenvalue weighted by Gasteiger charge is 2.12. The predicted octanol–water partition coefficient (Wildman–Crippen LogP) is 4.05. The summed E-state index contributed by atoms with van der Waals surface area (Å²) in [6.07, 6.45) is 1.76. The third-order valence-corrected chi connectivity index (χ3v) is 6.08. The van der Waals surface area contributed by atoms with Gasteiger partial charge < -0.3 is 15.0 Å². The van der Waals surface area contributed by atoms with E-state index in [-0.39, 0.29) is 5.91 Å². The lowest BCUT2D eigenvalue weighted by atomic mass is 10.1. The van der Waals surface area contributed by atoms with Gasteiger partial charge in [0, 0.05) is 20.1 Å². The molecular formula is C20H22N4O2S2. The van der Waals surface area contributed by atoms with E-state index in [9.17, 15) is 4.79 Å². The van der Waals surface area contributed by atoms with Crippen LogP contribution in [0.3, 0.4) is 0 Å². The van der Waals surface area contributed by atoms with Crippen molar-refractivity contribution in [1.29, 1.82) is 0 Å². The fourth-order valence-corrected chi connectivity index (χ4v) is 4.29. The molecule has 1 heterocycles. The molecule has 6 nitrogen and oxygen atoms in total. The van der Waals surface area contributed by atoms with Crippen LogP contribution in [0.15, 0.2) is 53.4 Å². The first kappa shape index (κ1) is 20.2. The number of aromatic nitrogens is 2. The Kier molecular flexibility index (Phi) is 6.89. The summed E-state index contributed by atoms with van der Waals surface area (Å²) in [5.74, 6) is 1.22. The Bertz CT molecular complexity index is 974. The molecule has 0 bridgehead atoms. The summed E-state index contributed by atoms with van der Waals surface area (Å²) in [4.78, 5) is 14.2. The van der Waals surface area contributed by atoms with E-state index in [0.717, 1.165) is 31.6 Å². The normalized spacial score (nSPS) is 10.6. The molecule has 146 valence electrons. The molecule has 0 fully saturated rings. The molecule has 8 heteroatoms. The smallest absolute Gasteiger partial charge is 0.233 e. The van der Waals surface area contributed by atoms with E-state index in [2.05, 4.69) is 34.2 Å². The van der Waals surface area contributed by atoms with Gasteiger partial charge in [0.1, 0.15) is 5.75 Å². The van der Waals surface area contributed by atoms with E-state index in [1.54, 1.807) is 18.1 Å². The van der Waals surface area contributed by atoms with Crippen LogP contribution in [-0.4, -0.2) is 47.5 Å². The third kappa shape index (κ3) is 5.24. The minimum absolute atomic E-state index is 0.0515. The van der Waals surface area contributed by atoms with Crippen LogP contribution >= 0.6 is 23.1 Å².